The Kier molecular flexibility index (Phi) is 19.7. The first-order valence-corrected chi connectivity index (χ1v) is 11.6. The van der Waals surface area contributed by atoms with E-state index in [0.717, 1.165) is 34.4 Å². The highest BCUT2D eigenvalue weighted by Crippen LogP contribution is 2.16. The van der Waals surface area contributed by atoms with E-state index in [9.17, 15) is 0 Å². The average molecular weight is 434 g/mol. The van der Waals surface area contributed by atoms with E-state index < -0.39 is 0 Å². The summed E-state index contributed by atoms with van der Waals surface area (Å²) >= 11 is 0. The van der Waals surface area contributed by atoms with Gasteiger partial charge in [0.05, 0.1) is 0 Å². The third-order valence-electron chi connectivity index (χ3n) is 4.47. The van der Waals surface area contributed by atoms with Crippen molar-refractivity contribution in [2.75, 3.05) is 6.54 Å². The van der Waals surface area contributed by atoms with Gasteiger partial charge in [0.25, 0.3) is 0 Å². The molecule has 0 radical (unpaired) electrons. The van der Waals surface area contributed by atoms with E-state index in [1.54, 1.807) is 6.08 Å². The predicted octanol–water partition coefficient (Wildman–Crippen LogP) is 9.22. The fraction of sp³-hybridized carbons (Fsp3) is 0.355. The summed E-state index contributed by atoms with van der Waals surface area (Å²) in [6.07, 6.45) is 13.6. The van der Waals surface area contributed by atoms with Crippen molar-refractivity contribution in [3.63, 3.8) is 0 Å². The van der Waals surface area contributed by atoms with Crippen LogP contribution in [0.1, 0.15) is 65.5 Å². The van der Waals surface area contributed by atoms with Crippen LogP contribution in [0.2, 0.25) is 0 Å². The first-order chi connectivity index (χ1) is 15.2. The molecule has 0 bridgehead atoms. The van der Waals surface area contributed by atoms with Crippen molar-refractivity contribution in [3.8, 4) is 0 Å². The van der Waals surface area contributed by atoms with E-state index in [4.69, 9.17) is 0 Å². The maximum Gasteiger partial charge on any atom is 0.0354 e. The second kappa shape index (κ2) is 20.1. The highest BCUT2D eigenvalue weighted by Gasteiger charge is 2.01. The van der Waals surface area contributed by atoms with Gasteiger partial charge in [0.2, 0.25) is 0 Å². The zero-order valence-corrected chi connectivity index (χ0v) is 21.9. The van der Waals surface area contributed by atoms with Crippen LogP contribution in [-0.4, -0.2) is 6.54 Å². The number of aryl methyl sites for hydroxylation is 2. The number of nitrogens with one attached hydrogen (secondary N) is 1. The van der Waals surface area contributed by atoms with Crippen molar-refractivity contribution in [2.24, 2.45) is 0 Å². The Balaban J connectivity index is 0. The summed E-state index contributed by atoms with van der Waals surface area (Å²) in [6.45, 7) is 31.0. The van der Waals surface area contributed by atoms with Crippen LogP contribution in [-0.2, 0) is 6.42 Å². The van der Waals surface area contributed by atoms with Crippen LogP contribution in [0.4, 0.5) is 0 Å². The van der Waals surface area contributed by atoms with Gasteiger partial charge in [-0.25, -0.2) is 0 Å². The van der Waals surface area contributed by atoms with Gasteiger partial charge in [-0.3, -0.25) is 0 Å². The Labute approximate surface area is 199 Å². The quantitative estimate of drug-likeness (QED) is 0.286. The molecule has 0 atom stereocenters. The Morgan fingerprint density at radius 2 is 1.50 bits per heavy atom. The molecule has 1 nitrogen and oxygen atoms in total. The van der Waals surface area contributed by atoms with E-state index in [-0.39, 0.29) is 0 Å². The van der Waals surface area contributed by atoms with Gasteiger partial charge in [-0.05, 0) is 56.9 Å². The molecule has 0 aliphatic carbocycles. The Hall–Kier alpha value is -2.80. The Morgan fingerprint density at radius 1 is 0.938 bits per heavy atom. The Morgan fingerprint density at radius 3 is 1.88 bits per heavy atom. The topological polar surface area (TPSA) is 12.0 Å². The number of rotatable bonds is 10. The third-order valence-corrected chi connectivity index (χ3v) is 4.47. The number of hydrogen-bond donors (Lipinski definition) is 1. The van der Waals surface area contributed by atoms with Crippen LogP contribution >= 0.6 is 0 Å². The van der Waals surface area contributed by atoms with E-state index in [1.807, 2.05) is 45.1 Å². The lowest BCUT2D eigenvalue weighted by atomic mass is 10.0. The highest BCUT2D eigenvalue weighted by molar-refractivity contribution is 5.48. The van der Waals surface area contributed by atoms with E-state index in [1.165, 1.54) is 24.0 Å². The molecule has 1 N–H and O–H groups in total. The second-order valence-corrected chi connectivity index (χ2v) is 7.86. The van der Waals surface area contributed by atoms with Crippen LogP contribution in [0.3, 0.4) is 0 Å². The van der Waals surface area contributed by atoms with Gasteiger partial charge in [0.1, 0.15) is 0 Å². The third kappa shape index (κ3) is 16.9. The summed E-state index contributed by atoms with van der Waals surface area (Å²) in [7, 11) is 0. The molecule has 0 saturated carbocycles. The molecule has 176 valence electrons. The fourth-order valence-corrected chi connectivity index (χ4v) is 2.13. The second-order valence-electron chi connectivity index (χ2n) is 7.86. The molecule has 0 fully saturated rings. The molecule has 0 unspecified atom stereocenters. The summed E-state index contributed by atoms with van der Waals surface area (Å²) in [4.78, 5) is 0. The molecule has 1 aromatic carbocycles. The smallest absolute Gasteiger partial charge is 0.0354 e. The van der Waals surface area contributed by atoms with Crippen LogP contribution < -0.4 is 5.32 Å². The lowest BCUT2D eigenvalue weighted by molar-refractivity contribution is 0.886. The van der Waals surface area contributed by atoms with Crippen molar-refractivity contribution in [3.05, 3.63) is 120 Å². The van der Waals surface area contributed by atoms with Gasteiger partial charge in [-0.15, -0.1) is 0 Å². The lowest BCUT2D eigenvalue weighted by Crippen LogP contribution is -2.15. The van der Waals surface area contributed by atoms with Crippen molar-refractivity contribution in [2.45, 2.75) is 67.7 Å². The van der Waals surface area contributed by atoms with Crippen LogP contribution in [0.25, 0.3) is 0 Å². The van der Waals surface area contributed by atoms with Gasteiger partial charge in [0.15, 0.2) is 0 Å². The monoisotopic (exact) mass is 433 g/mol. The number of allylic oxidation sites excluding steroid dienone is 7. The average Bonchev–Trinajstić information content (AvgIpc) is 2.78. The minimum atomic E-state index is 0.713. The molecule has 0 heterocycles. The summed E-state index contributed by atoms with van der Waals surface area (Å²) in [5, 5.41) is 3.23. The molecule has 0 aliphatic rings. The molecule has 1 rings (SSSR count). The van der Waals surface area contributed by atoms with E-state index in [2.05, 4.69) is 83.6 Å². The molecule has 0 spiro atoms. The molecule has 1 aromatic rings. The summed E-state index contributed by atoms with van der Waals surface area (Å²) in [6, 6.07) is 8.66. The molecule has 1 heteroatoms. The minimum absolute atomic E-state index is 0.713. The van der Waals surface area contributed by atoms with Crippen molar-refractivity contribution in [1.29, 1.82) is 0 Å². The van der Waals surface area contributed by atoms with Crippen LogP contribution in [0, 0.1) is 6.92 Å². The predicted molar refractivity (Wildman–Crippen MR) is 149 cm³/mol. The SMILES string of the molecule is C=C\C(=C/C(=C/C=C\C)C(=C)C)C(=C)NCC(=C)C.CCCC.CCc1ccc(C)cc1. The molecule has 0 aromatic heterocycles. The summed E-state index contributed by atoms with van der Waals surface area (Å²) < 4.78 is 0. The maximum absolute atomic E-state index is 4.02. The summed E-state index contributed by atoms with van der Waals surface area (Å²) in [5.41, 5.74) is 7.68. The molecule has 0 aliphatic heterocycles. The van der Waals surface area contributed by atoms with Crippen LogP contribution in [0.15, 0.2) is 109 Å². The Bertz CT molecular complexity index is 780. The minimum Gasteiger partial charge on any atom is -0.381 e. The van der Waals surface area contributed by atoms with Crippen molar-refractivity contribution in [1.82, 2.24) is 5.32 Å². The fourth-order valence-electron chi connectivity index (χ4n) is 2.13. The zero-order valence-electron chi connectivity index (χ0n) is 21.9. The number of benzene rings is 1. The van der Waals surface area contributed by atoms with E-state index >= 15 is 0 Å². The van der Waals surface area contributed by atoms with Gasteiger partial charge in [-0.1, -0.05) is 125 Å². The van der Waals surface area contributed by atoms with Gasteiger partial charge in [-0.2, -0.15) is 0 Å². The molecule has 0 saturated heterocycles. The molecule has 0 amide bonds. The van der Waals surface area contributed by atoms with Gasteiger partial charge in [0, 0.05) is 12.2 Å². The lowest BCUT2D eigenvalue weighted by Gasteiger charge is -2.11. The summed E-state index contributed by atoms with van der Waals surface area (Å²) in [5.74, 6) is 0. The van der Waals surface area contributed by atoms with E-state index in [0.29, 0.717) is 6.54 Å². The molecular weight excluding hydrogens is 386 g/mol. The normalized spacial score (nSPS) is 11.0. The maximum atomic E-state index is 4.02. The van der Waals surface area contributed by atoms with Crippen molar-refractivity contribution >= 4 is 0 Å². The highest BCUT2D eigenvalue weighted by atomic mass is 14.9. The first kappa shape index (κ1) is 31.4. The van der Waals surface area contributed by atoms with Crippen LogP contribution in [0.5, 0.6) is 0 Å². The van der Waals surface area contributed by atoms with Crippen molar-refractivity contribution < 1.29 is 0 Å². The standard InChI is InChI=1S/C18H25N.C9H12.C4H10/c1-8-10-11-18(15(5)6)12-17(9-2)16(7)19-13-14(3)4;1-3-9-6-4-8(2)5-7-9;1-3-4-2/h8-12,19H,2-3,5,7,13H2,1,4,6H3;4-7H,3H2,1-2H3;3-4H2,1-2H3/b10-8-,17-12+,18-11-;;. The molecular formula is C31H47N. The van der Waals surface area contributed by atoms with Gasteiger partial charge < -0.3 is 5.32 Å². The number of hydrogen-bond acceptors (Lipinski definition) is 1. The number of unbranched alkanes of at least 4 members (excludes halogenated alkanes) is 1. The largest absolute Gasteiger partial charge is 0.381 e. The molecule has 32 heavy (non-hydrogen) atoms. The zero-order chi connectivity index (χ0) is 24.9. The first-order valence-electron chi connectivity index (χ1n) is 11.6. The van der Waals surface area contributed by atoms with Gasteiger partial charge >= 0.3 is 0 Å².